The highest BCUT2D eigenvalue weighted by atomic mass is 16.2. The molecule has 5 heteroatoms. The SMILES string of the molecule is CCN(CC(C)(C)CN)C(=O)c1cc(C)nnc1C. The molecule has 0 aromatic carbocycles. The number of amides is 1. The van der Waals surface area contributed by atoms with E-state index < -0.39 is 0 Å². The molecule has 0 radical (unpaired) electrons. The Balaban J connectivity index is 2.99. The molecule has 0 aliphatic heterocycles. The molecule has 0 unspecified atom stereocenters. The number of hydrogen-bond acceptors (Lipinski definition) is 4. The third kappa shape index (κ3) is 3.99. The van der Waals surface area contributed by atoms with Gasteiger partial charge in [0.1, 0.15) is 0 Å². The summed E-state index contributed by atoms with van der Waals surface area (Å²) in [6, 6.07) is 1.79. The van der Waals surface area contributed by atoms with Gasteiger partial charge in [0.05, 0.1) is 17.0 Å². The van der Waals surface area contributed by atoms with Crippen molar-refractivity contribution in [2.75, 3.05) is 19.6 Å². The number of aryl methyl sites for hydroxylation is 2. The van der Waals surface area contributed by atoms with Crippen LogP contribution >= 0.6 is 0 Å². The first kappa shape index (κ1) is 15.6. The summed E-state index contributed by atoms with van der Waals surface area (Å²) < 4.78 is 0. The molecule has 0 fully saturated rings. The predicted molar refractivity (Wildman–Crippen MR) is 75.9 cm³/mol. The second kappa shape index (κ2) is 6.10. The number of nitrogens with zero attached hydrogens (tertiary/aromatic N) is 3. The Morgan fingerprint density at radius 1 is 1.37 bits per heavy atom. The van der Waals surface area contributed by atoms with Crippen LogP contribution in [-0.4, -0.2) is 40.6 Å². The molecule has 0 spiro atoms. The van der Waals surface area contributed by atoms with Gasteiger partial charge >= 0.3 is 0 Å². The molecule has 19 heavy (non-hydrogen) atoms. The van der Waals surface area contributed by atoms with E-state index in [1.54, 1.807) is 6.07 Å². The minimum Gasteiger partial charge on any atom is -0.338 e. The number of nitrogens with two attached hydrogens (primary N) is 1. The maximum Gasteiger partial charge on any atom is 0.255 e. The van der Waals surface area contributed by atoms with Crippen LogP contribution in [0.1, 0.15) is 42.5 Å². The number of carbonyl (C=O) groups excluding carboxylic acids is 1. The normalized spacial score (nSPS) is 11.5. The summed E-state index contributed by atoms with van der Waals surface area (Å²) in [5.74, 6) is -0.000440. The Morgan fingerprint density at radius 2 is 2.00 bits per heavy atom. The van der Waals surface area contributed by atoms with E-state index in [0.717, 1.165) is 5.69 Å². The molecular weight excluding hydrogens is 240 g/mol. The van der Waals surface area contributed by atoms with E-state index in [1.165, 1.54) is 0 Å². The third-order valence-corrected chi connectivity index (χ3v) is 3.17. The second-order valence-corrected chi connectivity index (χ2v) is 5.67. The Labute approximate surface area is 115 Å². The predicted octanol–water partition coefficient (Wildman–Crippen LogP) is 1.54. The number of rotatable bonds is 5. The Morgan fingerprint density at radius 3 is 2.53 bits per heavy atom. The van der Waals surface area contributed by atoms with Crippen molar-refractivity contribution in [2.24, 2.45) is 11.1 Å². The van der Waals surface area contributed by atoms with Crippen LogP contribution in [0, 0.1) is 19.3 Å². The van der Waals surface area contributed by atoms with Crippen molar-refractivity contribution in [2.45, 2.75) is 34.6 Å². The zero-order valence-electron chi connectivity index (χ0n) is 12.5. The fraction of sp³-hybridized carbons (Fsp3) is 0.643. The zero-order valence-corrected chi connectivity index (χ0v) is 12.5. The molecule has 5 nitrogen and oxygen atoms in total. The van der Waals surface area contributed by atoms with Crippen LogP contribution in [-0.2, 0) is 0 Å². The minimum absolute atomic E-state index is 0.000440. The summed E-state index contributed by atoms with van der Waals surface area (Å²) in [6.45, 7) is 11.6. The smallest absolute Gasteiger partial charge is 0.255 e. The number of carbonyl (C=O) groups is 1. The summed E-state index contributed by atoms with van der Waals surface area (Å²) in [5.41, 5.74) is 7.70. The molecule has 1 heterocycles. The fourth-order valence-corrected chi connectivity index (χ4v) is 1.85. The van der Waals surface area contributed by atoms with E-state index in [0.29, 0.717) is 30.9 Å². The van der Waals surface area contributed by atoms with Crippen molar-refractivity contribution in [1.29, 1.82) is 0 Å². The minimum atomic E-state index is -0.0882. The van der Waals surface area contributed by atoms with Gasteiger partial charge in [0, 0.05) is 13.1 Å². The van der Waals surface area contributed by atoms with E-state index >= 15 is 0 Å². The van der Waals surface area contributed by atoms with Gasteiger partial charge in [0.2, 0.25) is 0 Å². The monoisotopic (exact) mass is 264 g/mol. The van der Waals surface area contributed by atoms with Crippen LogP contribution in [0.5, 0.6) is 0 Å². The van der Waals surface area contributed by atoms with Crippen molar-refractivity contribution in [3.8, 4) is 0 Å². The average Bonchev–Trinajstić information content (AvgIpc) is 2.38. The molecule has 0 bridgehead atoms. The molecule has 0 aliphatic rings. The molecule has 0 atom stereocenters. The summed E-state index contributed by atoms with van der Waals surface area (Å²) in [7, 11) is 0. The van der Waals surface area contributed by atoms with Crippen LogP contribution < -0.4 is 5.73 Å². The van der Waals surface area contributed by atoms with Crippen LogP contribution in [0.4, 0.5) is 0 Å². The van der Waals surface area contributed by atoms with Gasteiger partial charge in [-0.25, -0.2) is 0 Å². The molecular formula is C14H24N4O. The van der Waals surface area contributed by atoms with Crippen molar-refractivity contribution < 1.29 is 4.79 Å². The molecule has 0 saturated heterocycles. The zero-order chi connectivity index (χ0) is 14.6. The highest BCUT2D eigenvalue weighted by Gasteiger charge is 2.24. The van der Waals surface area contributed by atoms with Gasteiger partial charge in [-0.2, -0.15) is 10.2 Å². The third-order valence-electron chi connectivity index (χ3n) is 3.17. The van der Waals surface area contributed by atoms with E-state index in [2.05, 4.69) is 24.0 Å². The lowest BCUT2D eigenvalue weighted by molar-refractivity contribution is 0.0699. The van der Waals surface area contributed by atoms with Gasteiger partial charge in [0.15, 0.2) is 0 Å². The molecule has 2 N–H and O–H groups in total. The lowest BCUT2D eigenvalue weighted by Gasteiger charge is -2.31. The van der Waals surface area contributed by atoms with Crippen molar-refractivity contribution in [3.63, 3.8) is 0 Å². The molecule has 0 aliphatic carbocycles. The van der Waals surface area contributed by atoms with E-state index in [-0.39, 0.29) is 11.3 Å². The van der Waals surface area contributed by atoms with Gasteiger partial charge in [-0.15, -0.1) is 0 Å². The van der Waals surface area contributed by atoms with Gasteiger partial charge in [-0.3, -0.25) is 4.79 Å². The van der Waals surface area contributed by atoms with Gasteiger partial charge in [-0.05, 0) is 38.8 Å². The maximum atomic E-state index is 12.6. The molecule has 106 valence electrons. The highest BCUT2D eigenvalue weighted by Crippen LogP contribution is 2.17. The van der Waals surface area contributed by atoms with E-state index in [4.69, 9.17) is 5.73 Å². The van der Waals surface area contributed by atoms with Crippen LogP contribution in [0.15, 0.2) is 6.07 Å². The fourth-order valence-electron chi connectivity index (χ4n) is 1.85. The quantitative estimate of drug-likeness (QED) is 0.875. The Bertz CT molecular complexity index is 457. The number of aromatic nitrogens is 2. The number of hydrogen-bond donors (Lipinski definition) is 1. The Hall–Kier alpha value is -1.49. The second-order valence-electron chi connectivity index (χ2n) is 5.67. The molecule has 0 saturated carbocycles. The Kier molecular flexibility index (Phi) is 5.00. The highest BCUT2D eigenvalue weighted by molar-refractivity contribution is 5.95. The molecule has 1 aromatic heterocycles. The van der Waals surface area contributed by atoms with Crippen LogP contribution in [0.25, 0.3) is 0 Å². The molecule has 1 aromatic rings. The summed E-state index contributed by atoms with van der Waals surface area (Å²) in [6.07, 6.45) is 0. The van der Waals surface area contributed by atoms with Crippen LogP contribution in [0.3, 0.4) is 0 Å². The maximum absolute atomic E-state index is 12.6. The standard InChI is InChI=1S/C14H24N4O/c1-6-18(9-14(4,5)8-15)13(19)12-7-10(2)16-17-11(12)3/h7H,6,8-9,15H2,1-5H3. The largest absolute Gasteiger partial charge is 0.338 e. The first-order chi connectivity index (χ1) is 8.80. The van der Waals surface area contributed by atoms with Crippen molar-refractivity contribution in [3.05, 3.63) is 23.0 Å². The first-order valence-corrected chi connectivity index (χ1v) is 6.61. The molecule has 1 amide bonds. The average molecular weight is 264 g/mol. The van der Waals surface area contributed by atoms with Gasteiger partial charge < -0.3 is 10.6 Å². The molecule has 1 rings (SSSR count). The van der Waals surface area contributed by atoms with E-state index in [9.17, 15) is 4.79 Å². The van der Waals surface area contributed by atoms with Gasteiger partial charge in [0.25, 0.3) is 5.91 Å². The van der Waals surface area contributed by atoms with Crippen molar-refractivity contribution >= 4 is 5.91 Å². The lowest BCUT2D eigenvalue weighted by Crippen LogP contribution is -2.42. The van der Waals surface area contributed by atoms with Crippen LogP contribution in [0.2, 0.25) is 0 Å². The first-order valence-electron chi connectivity index (χ1n) is 6.61. The van der Waals surface area contributed by atoms with Crippen molar-refractivity contribution in [1.82, 2.24) is 15.1 Å². The topological polar surface area (TPSA) is 72.1 Å². The summed E-state index contributed by atoms with van der Waals surface area (Å²) in [5, 5.41) is 7.97. The summed E-state index contributed by atoms with van der Waals surface area (Å²) >= 11 is 0. The van der Waals surface area contributed by atoms with E-state index in [1.807, 2.05) is 25.7 Å². The lowest BCUT2D eigenvalue weighted by atomic mass is 9.92. The summed E-state index contributed by atoms with van der Waals surface area (Å²) in [4.78, 5) is 14.4. The van der Waals surface area contributed by atoms with Gasteiger partial charge in [-0.1, -0.05) is 13.8 Å².